The average Bonchev–Trinajstić information content (AvgIpc) is 1.65. The van der Waals surface area contributed by atoms with Gasteiger partial charge in [0.1, 0.15) is 0 Å². The molecule has 0 spiro atoms. The predicted molar refractivity (Wildman–Crippen MR) is 44.6 cm³/mol. The summed E-state index contributed by atoms with van der Waals surface area (Å²) < 4.78 is 5.52. The van der Waals surface area contributed by atoms with Crippen molar-refractivity contribution < 1.29 is 4.74 Å². The Bertz CT molecular complexity index is 79.0. The molecule has 0 saturated heterocycles. The van der Waals surface area contributed by atoms with Crippen molar-refractivity contribution in [2.45, 2.75) is 32.9 Å². The lowest BCUT2D eigenvalue weighted by molar-refractivity contribution is 0.0528. The van der Waals surface area contributed by atoms with Gasteiger partial charge in [0.15, 0.2) is 0 Å². The topological polar surface area (TPSA) is 9.23 Å². The Morgan fingerprint density at radius 1 is 1.56 bits per heavy atom. The highest BCUT2D eigenvalue weighted by Crippen LogP contribution is 2.18. The Morgan fingerprint density at radius 2 is 2.00 bits per heavy atom. The van der Waals surface area contributed by atoms with E-state index in [-0.39, 0.29) is 5.22 Å². The van der Waals surface area contributed by atoms with Gasteiger partial charge in [-0.3, -0.25) is 0 Å². The van der Waals surface area contributed by atoms with Crippen molar-refractivity contribution in [1.29, 1.82) is 0 Å². The lowest BCUT2D eigenvalue weighted by atomic mass is 10.1. The first-order valence-electron chi connectivity index (χ1n) is 3.45. The van der Waals surface area contributed by atoms with E-state index in [0.29, 0.717) is 0 Å². The lowest BCUT2D eigenvalue weighted by Crippen LogP contribution is -2.33. The van der Waals surface area contributed by atoms with E-state index < -0.39 is 0 Å². The Hall–Kier alpha value is 0.177. The summed E-state index contributed by atoms with van der Waals surface area (Å²) >= 11 is 0. The lowest BCUT2D eigenvalue weighted by Gasteiger charge is -2.28. The number of hydrogen-bond acceptors (Lipinski definition) is 1. The molecule has 0 aromatic heterocycles. The molecule has 0 aliphatic heterocycles. The average molecular weight is 145 g/mol. The van der Waals surface area contributed by atoms with E-state index in [2.05, 4.69) is 20.8 Å². The molecule has 1 radical (unpaired) electrons. The van der Waals surface area contributed by atoms with E-state index in [9.17, 15) is 0 Å². The zero-order valence-electron chi connectivity index (χ0n) is 7.12. The third-order valence-electron chi connectivity index (χ3n) is 1.71. The fourth-order valence-electron chi connectivity index (χ4n) is 0.505. The van der Waals surface area contributed by atoms with Gasteiger partial charge in [-0.1, -0.05) is 13.8 Å². The van der Waals surface area contributed by atoms with Gasteiger partial charge in [-0.05, 0) is 19.8 Å². The SMILES string of the molecule is CCOC(C)([SiH3])[C](C)C. The Labute approximate surface area is 61.2 Å². The maximum Gasteiger partial charge on any atom is 0.0513 e. The molecule has 2 heteroatoms. The molecule has 0 amide bonds. The van der Waals surface area contributed by atoms with Crippen molar-refractivity contribution in [3.63, 3.8) is 0 Å². The second-order valence-electron chi connectivity index (χ2n) is 2.94. The van der Waals surface area contributed by atoms with Crippen molar-refractivity contribution in [1.82, 2.24) is 0 Å². The molecule has 9 heavy (non-hydrogen) atoms. The molecule has 0 aromatic rings. The molecule has 0 aliphatic carbocycles. The summed E-state index contributed by atoms with van der Waals surface area (Å²) in [4.78, 5) is 0. The molecule has 1 atom stereocenters. The summed E-state index contributed by atoms with van der Waals surface area (Å²) in [5.74, 6) is 1.39. The fourth-order valence-corrected chi connectivity index (χ4v) is 0.794. The van der Waals surface area contributed by atoms with Crippen molar-refractivity contribution in [3.8, 4) is 0 Å². The molecule has 1 nitrogen and oxygen atoms in total. The summed E-state index contributed by atoms with van der Waals surface area (Å²) in [6, 6.07) is 0. The van der Waals surface area contributed by atoms with Crippen LogP contribution in [-0.2, 0) is 4.74 Å². The molecule has 1 unspecified atom stereocenters. The van der Waals surface area contributed by atoms with E-state index in [1.165, 1.54) is 5.92 Å². The molecule has 0 aliphatic rings. The highest BCUT2D eigenvalue weighted by molar-refractivity contribution is 6.15. The minimum Gasteiger partial charge on any atom is -0.380 e. The third kappa shape index (κ3) is 3.01. The van der Waals surface area contributed by atoms with Gasteiger partial charge in [0.2, 0.25) is 0 Å². The second kappa shape index (κ2) is 3.37. The molecule has 0 aromatic carbocycles. The fraction of sp³-hybridized carbons (Fsp3) is 0.857. The molecule has 0 saturated carbocycles. The number of hydrogen-bond donors (Lipinski definition) is 0. The monoisotopic (exact) mass is 145 g/mol. The van der Waals surface area contributed by atoms with Crippen molar-refractivity contribution in [2.24, 2.45) is 0 Å². The predicted octanol–water partition coefficient (Wildman–Crippen LogP) is 0.719. The Balaban J connectivity index is 3.70. The zero-order valence-corrected chi connectivity index (χ0v) is 9.12. The first-order chi connectivity index (χ1) is 4.00. The van der Waals surface area contributed by atoms with Crippen molar-refractivity contribution in [3.05, 3.63) is 5.92 Å². The first-order valence-corrected chi connectivity index (χ1v) is 4.45. The quantitative estimate of drug-likeness (QED) is 0.532. The van der Waals surface area contributed by atoms with Gasteiger partial charge in [0.25, 0.3) is 0 Å². The maximum absolute atomic E-state index is 5.52. The molecule has 55 valence electrons. The maximum atomic E-state index is 5.52. The minimum atomic E-state index is 0.106. The summed E-state index contributed by atoms with van der Waals surface area (Å²) in [5.41, 5.74) is 0. The Kier molecular flexibility index (Phi) is 3.44. The molecular formula is C7H17OSi. The first kappa shape index (κ1) is 9.18. The van der Waals surface area contributed by atoms with Gasteiger partial charge in [-0.25, -0.2) is 0 Å². The van der Waals surface area contributed by atoms with Crippen LogP contribution in [0.2, 0.25) is 0 Å². The van der Waals surface area contributed by atoms with Gasteiger partial charge in [-0.15, -0.1) is 0 Å². The Morgan fingerprint density at radius 3 is 2.11 bits per heavy atom. The largest absolute Gasteiger partial charge is 0.380 e. The van der Waals surface area contributed by atoms with Gasteiger partial charge in [0.05, 0.1) is 5.22 Å². The van der Waals surface area contributed by atoms with Gasteiger partial charge in [0, 0.05) is 16.8 Å². The van der Waals surface area contributed by atoms with Crippen LogP contribution in [-0.4, -0.2) is 22.1 Å². The highest BCUT2D eigenvalue weighted by atomic mass is 28.1. The van der Waals surface area contributed by atoms with Gasteiger partial charge < -0.3 is 4.74 Å². The van der Waals surface area contributed by atoms with E-state index in [0.717, 1.165) is 16.8 Å². The van der Waals surface area contributed by atoms with Crippen LogP contribution in [0.25, 0.3) is 0 Å². The van der Waals surface area contributed by atoms with Gasteiger partial charge in [-0.2, -0.15) is 0 Å². The van der Waals surface area contributed by atoms with E-state index in [1.54, 1.807) is 0 Å². The summed E-state index contributed by atoms with van der Waals surface area (Å²) in [6.45, 7) is 9.27. The molecule has 0 heterocycles. The highest BCUT2D eigenvalue weighted by Gasteiger charge is 2.21. The van der Waals surface area contributed by atoms with Crippen LogP contribution in [0.4, 0.5) is 0 Å². The molecule has 0 fully saturated rings. The van der Waals surface area contributed by atoms with Crippen LogP contribution in [0.5, 0.6) is 0 Å². The number of ether oxygens (including phenoxy) is 1. The summed E-state index contributed by atoms with van der Waals surface area (Å²) in [5, 5.41) is 0.106. The summed E-state index contributed by atoms with van der Waals surface area (Å²) in [6.07, 6.45) is 0. The standard InChI is InChI=1S/C7H17OSi/c1-5-8-7(4,9)6(2)3/h5H2,1-4,9H3. The molecule has 0 N–H and O–H groups in total. The van der Waals surface area contributed by atoms with E-state index in [1.807, 2.05) is 6.92 Å². The van der Waals surface area contributed by atoms with Crippen LogP contribution < -0.4 is 0 Å². The zero-order chi connectivity index (χ0) is 7.49. The van der Waals surface area contributed by atoms with E-state index in [4.69, 9.17) is 4.74 Å². The molecule has 0 rings (SSSR count). The number of rotatable bonds is 3. The van der Waals surface area contributed by atoms with Crippen LogP contribution in [0, 0.1) is 5.92 Å². The minimum absolute atomic E-state index is 0.106. The molecule has 0 bridgehead atoms. The van der Waals surface area contributed by atoms with Crippen LogP contribution in [0.15, 0.2) is 0 Å². The second-order valence-corrected chi connectivity index (χ2v) is 4.85. The van der Waals surface area contributed by atoms with Crippen LogP contribution in [0.3, 0.4) is 0 Å². The van der Waals surface area contributed by atoms with Crippen LogP contribution in [0.1, 0.15) is 27.7 Å². The van der Waals surface area contributed by atoms with E-state index >= 15 is 0 Å². The normalized spacial score (nSPS) is 18.3. The smallest absolute Gasteiger partial charge is 0.0513 e. The van der Waals surface area contributed by atoms with Crippen LogP contribution >= 0.6 is 0 Å². The summed E-state index contributed by atoms with van der Waals surface area (Å²) in [7, 11) is 1.08. The van der Waals surface area contributed by atoms with Crippen molar-refractivity contribution in [2.75, 3.05) is 6.61 Å². The van der Waals surface area contributed by atoms with Gasteiger partial charge >= 0.3 is 0 Å². The van der Waals surface area contributed by atoms with Crippen molar-refractivity contribution >= 4 is 10.2 Å². The third-order valence-corrected chi connectivity index (χ3v) is 3.00. The molecular weight excluding hydrogens is 128 g/mol.